The number of thiazole rings is 1. The van der Waals surface area contributed by atoms with E-state index in [1.165, 1.54) is 0 Å². The fourth-order valence-electron chi connectivity index (χ4n) is 1.04. The second-order valence-electron chi connectivity index (χ2n) is 4.21. The molecule has 0 saturated carbocycles. The number of carbonyl (C=O) groups is 1. The number of rotatable bonds is 3. The third-order valence-corrected chi connectivity index (χ3v) is 2.80. The minimum atomic E-state index is -0.848. The molecule has 0 aliphatic carbocycles. The van der Waals surface area contributed by atoms with Crippen molar-refractivity contribution >= 4 is 42.1 Å². The Morgan fingerprint density at radius 1 is 1.53 bits per heavy atom. The second-order valence-corrected chi connectivity index (χ2v) is 5.27. The van der Waals surface area contributed by atoms with Crippen LogP contribution in [-0.2, 0) is 4.79 Å². The summed E-state index contributed by atoms with van der Waals surface area (Å²) in [5.41, 5.74) is 5.72. The Morgan fingerprint density at radius 2 is 2.06 bits per heavy atom. The Morgan fingerprint density at radius 3 is 2.41 bits per heavy atom. The number of nitrogens with two attached hydrogens (primary N) is 1. The number of amides is 1. The van der Waals surface area contributed by atoms with Crippen LogP contribution < -0.4 is 11.1 Å². The summed E-state index contributed by atoms with van der Waals surface area (Å²) >= 11 is 1.57. The first-order valence-electron chi connectivity index (χ1n) is 4.82. The molecule has 0 radical (unpaired) electrons. The summed E-state index contributed by atoms with van der Waals surface area (Å²) in [6, 6.07) is -0.0923. The molecule has 0 aliphatic rings. The number of carbonyl (C=O) groups excluding carboxylic acids is 1. The van der Waals surface area contributed by atoms with E-state index in [0.29, 0.717) is 0 Å². The van der Waals surface area contributed by atoms with Crippen molar-refractivity contribution in [1.29, 1.82) is 0 Å². The molecule has 7 heteroatoms. The largest absolute Gasteiger partial charge is 0.346 e. The fourth-order valence-corrected chi connectivity index (χ4v) is 1.74. The standard InChI is InChI=1S/C10H17N3OS.2ClH/c1-6(8-5-15-7(2)13-8)12-9(14)10(3,4)11;;/h5-6H,11H2,1-4H3,(H,12,14);2*1H. The number of halogens is 2. The zero-order valence-corrected chi connectivity index (χ0v) is 12.8. The van der Waals surface area contributed by atoms with Crippen molar-refractivity contribution in [3.63, 3.8) is 0 Å². The summed E-state index contributed by atoms with van der Waals surface area (Å²) in [7, 11) is 0. The van der Waals surface area contributed by atoms with Crippen LogP contribution in [0.4, 0.5) is 0 Å². The monoisotopic (exact) mass is 299 g/mol. The van der Waals surface area contributed by atoms with Gasteiger partial charge in [-0.2, -0.15) is 0 Å². The van der Waals surface area contributed by atoms with E-state index in [9.17, 15) is 4.79 Å². The topological polar surface area (TPSA) is 68.0 Å². The number of nitrogens with one attached hydrogen (secondary N) is 1. The second kappa shape index (κ2) is 7.16. The Hall–Kier alpha value is -0.360. The predicted octanol–water partition coefficient (Wildman–Crippen LogP) is 2.21. The van der Waals surface area contributed by atoms with Gasteiger partial charge in [0.05, 0.1) is 22.3 Å². The highest BCUT2D eigenvalue weighted by atomic mass is 35.5. The third-order valence-electron chi connectivity index (χ3n) is 2.01. The minimum Gasteiger partial charge on any atom is -0.346 e. The molecule has 4 nitrogen and oxygen atoms in total. The molecular formula is C10H19Cl2N3OS. The molecule has 1 unspecified atom stereocenters. The van der Waals surface area contributed by atoms with Gasteiger partial charge in [-0.05, 0) is 27.7 Å². The summed E-state index contributed by atoms with van der Waals surface area (Å²) in [6.45, 7) is 7.20. The lowest BCUT2D eigenvalue weighted by molar-refractivity contribution is -0.125. The molecule has 1 atom stereocenters. The first-order chi connectivity index (χ1) is 6.80. The van der Waals surface area contributed by atoms with Gasteiger partial charge in [-0.3, -0.25) is 4.79 Å². The van der Waals surface area contributed by atoms with Gasteiger partial charge in [0, 0.05) is 5.38 Å². The van der Waals surface area contributed by atoms with Crippen molar-refractivity contribution in [2.45, 2.75) is 39.3 Å². The van der Waals surface area contributed by atoms with Gasteiger partial charge in [-0.25, -0.2) is 4.98 Å². The minimum absolute atomic E-state index is 0. The van der Waals surface area contributed by atoms with Gasteiger partial charge >= 0.3 is 0 Å². The van der Waals surface area contributed by atoms with E-state index in [1.807, 2.05) is 19.2 Å². The van der Waals surface area contributed by atoms with E-state index in [1.54, 1.807) is 25.2 Å². The summed E-state index contributed by atoms with van der Waals surface area (Å²) in [5.74, 6) is -0.166. The Labute approximate surface area is 118 Å². The molecule has 17 heavy (non-hydrogen) atoms. The van der Waals surface area contributed by atoms with E-state index in [2.05, 4.69) is 10.3 Å². The molecule has 0 aliphatic heterocycles. The average Bonchev–Trinajstić information content (AvgIpc) is 2.50. The molecule has 1 aromatic rings. The molecule has 0 saturated heterocycles. The van der Waals surface area contributed by atoms with E-state index < -0.39 is 5.54 Å². The van der Waals surface area contributed by atoms with E-state index in [-0.39, 0.29) is 36.8 Å². The van der Waals surface area contributed by atoms with Crippen LogP contribution in [0.5, 0.6) is 0 Å². The molecule has 0 bridgehead atoms. The van der Waals surface area contributed by atoms with Crippen molar-refractivity contribution in [3.8, 4) is 0 Å². The highest BCUT2D eigenvalue weighted by Gasteiger charge is 2.24. The zero-order valence-electron chi connectivity index (χ0n) is 10.3. The quantitative estimate of drug-likeness (QED) is 0.899. The molecule has 1 aromatic heterocycles. The highest BCUT2D eigenvalue weighted by molar-refractivity contribution is 7.09. The maximum atomic E-state index is 11.6. The number of hydrogen-bond donors (Lipinski definition) is 2. The molecule has 0 spiro atoms. The average molecular weight is 300 g/mol. The summed E-state index contributed by atoms with van der Waals surface area (Å²) in [4.78, 5) is 15.9. The predicted molar refractivity (Wildman–Crippen MR) is 76.2 cm³/mol. The Kier molecular flexibility index (Phi) is 8.00. The molecule has 100 valence electrons. The van der Waals surface area contributed by atoms with Crippen LogP contribution in [0, 0.1) is 6.92 Å². The third kappa shape index (κ3) is 5.68. The number of aromatic nitrogens is 1. The van der Waals surface area contributed by atoms with Crippen molar-refractivity contribution in [2.75, 3.05) is 0 Å². The normalized spacial score (nSPS) is 12.1. The van der Waals surface area contributed by atoms with E-state index in [0.717, 1.165) is 10.7 Å². The Balaban J connectivity index is 0. The fraction of sp³-hybridized carbons (Fsp3) is 0.600. The van der Waals surface area contributed by atoms with E-state index >= 15 is 0 Å². The van der Waals surface area contributed by atoms with Gasteiger partial charge in [-0.1, -0.05) is 0 Å². The maximum absolute atomic E-state index is 11.6. The van der Waals surface area contributed by atoms with Gasteiger partial charge in [0.15, 0.2) is 0 Å². The smallest absolute Gasteiger partial charge is 0.240 e. The summed E-state index contributed by atoms with van der Waals surface area (Å²) in [6.07, 6.45) is 0. The van der Waals surface area contributed by atoms with Crippen molar-refractivity contribution in [1.82, 2.24) is 10.3 Å². The Bertz CT molecular complexity index is 363. The first-order valence-corrected chi connectivity index (χ1v) is 5.70. The molecule has 3 N–H and O–H groups in total. The molecule has 0 aromatic carbocycles. The summed E-state index contributed by atoms with van der Waals surface area (Å²) < 4.78 is 0. The lowest BCUT2D eigenvalue weighted by Gasteiger charge is -2.20. The van der Waals surface area contributed by atoms with Crippen LogP contribution in [0.15, 0.2) is 5.38 Å². The number of hydrogen-bond acceptors (Lipinski definition) is 4. The molecule has 0 fully saturated rings. The highest BCUT2D eigenvalue weighted by Crippen LogP contribution is 2.16. The molecule has 1 rings (SSSR count). The van der Waals surface area contributed by atoms with Crippen molar-refractivity contribution in [2.24, 2.45) is 5.73 Å². The lowest BCUT2D eigenvalue weighted by atomic mass is 10.1. The van der Waals surface area contributed by atoms with Crippen LogP contribution in [-0.4, -0.2) is 16.4 Å². The van der Waals surface area contributed by atoms with Crippen LogP contribution in [0.3, 0.4) is 0 Å². The van der Waals surface area contributed by atoms with Gasteiger partial charge in [0.25, 0.3) is 0 Å². The van der Waals surface area contributed by atoms with Crippen LogP contribution in [0.2, 0.25) is 0 Å². The van der Waals surface area contributed by atoms with Crippen molar-refractivity contribution < 1.29 is 4.79 Å². The van der Waals surface area contributed by atoms with Crippen LogP contribution in [0.25, 0.3) is 0 Å². The van der Waals surface area contributed by atoms with Gasteiger partial charge in [-0.15, -0.1) is 36.2 Å². The van der Waals surface area contributed by atoms with Gasteiger partial charge in [0.1, 0.15) is 0 Å². The number of nitrogens with zero attached hydrogens (tertiary/aromatic N) is 1. The SMILES string of the molecule is Cc1nc(C(C)NC(=O)C(C)(C)N)cs1.Cl.Cl. The number of aryl methyl sites for hydroxylation is 1. The molecule has 1 heterocycles. The van der Waals surface area contributed by atoms with Gasteiger partial charge < -0.3 is 11.1 Å². The van der Waals surface area contributed by atoms with Crippen molar-refractivity contribution in [3.05, 3.63) is 16.1 Å². The first kappa shape index (κ1) is 19.0. The van der Waals surface area contributed by atoms with E-state index in [4.69, 9.17) is 5.73 Å². The van der Waals surface area contributed by atoms with Crippen LogP contribution >= 0.6 is 36.2 Å². The molecular weight excluding hydrogens is 281 g/mol. The zero-order chi connectivity index (χ0) is 11.6. The van der Waals surface area contributed by atoms with Gasteiger partial charge in [0.2, 0.25) is 5.91 Å². The maximum Gasteiger partial charge on any atom is 0.240 e. The lowest BCUT2D eigenvalue weighted by Crippen LogP contribution is -2.49. The molecule has 1 amide bonds. The van der Waals surface area contributed by atoms with Crippen LogP contribution in [0.1, 0.15) is 37.5 Å². The summed E-state index contributed by atoms with van der Waals surface area (Å²) in [5, 5.41) is 5.78.